The average Bonchev–Trinajstić information content (AvgIpc) is 3.86. The fourth-order valence-corrected chi connectivity index (χ4v) is 10.7. The van der Waals surface area contributed by atoms with Gasteiger partial charge in [-0.05, 0) is 82.4 Å². The number of benzene rings is 2. The molecular weight excluding hydrogens is 853 g/mol. The number of ether oxygens (including phenoxy) is 1. The molecule has 4 aromatic rings. The second kappa shape index (κ2) is 18.3. The van der Waals surface area contributed by atoms with E-state index < -0.39 is 68.7 Å². The van der Waals surface area contributed by atoms with Crippen LogP contribution in [0.5, 0.6) is 0 Å². The van der Waals surface area contributed by atoms with Gasteiger partial charge in [0.05, 0.1) is 17.6 Å². The summed E-state index contributed by atoms with van der Waals surface area (Å²) in [5.41, 5.74) is 1.14. The van der Waals surface area contributed by atoms with Crippen molar-refractivity contribution in [2.75, 3.05) is 18.5 Å². The lowest BCUT2D eigenvalue weighted by atomic mass is 10.0. The summed E-state index contributed by atoms with van der Waals surface area (Å²) in [4.78, 5) is 74.9. The minimum absolute atomic E-state index is 0.0276. The summed E-state index contributed by atoms with van der Waals surface area (Å²) in [6.45, 7) is -0.0276. The van der Waals surface area contributed by atoms with Crippen molar-refractivity contribution < 1.29 is 41.5 Å². The fraction of sp³-hybridized carbons (Fsp3) is 0.468. The standard InChI is InChI=1S/C47H54N8O9S/c1-53(39-22-13-25-63-39)43(57)32-17-12-16-31(26-32)41-40(30-14-6-5-7-15-30)50-55(51-41)34-27-38-42(56)49-47(45(59)52-65(61,62)36-23-24-36)28-33(47)18-8-3-2-4-9-21-37(44(58)54(38)29-34)48-46(60)64-35-19-10-11-20-35/h5-8,12-18,22,25-26,33-38H,2-4,9-11,19-21,23-24,27-29H2,1H3,(H,48,60)(H,49,56)(H,52,59)/b18-8+/t33-,34-,37-,38+,47-/m1/s1. The van der Waals surface area contributed by atoms with Crippen LogP contribution in [0.3, 0.4) is 0 Å². The molecule has 1 saturated heterocycles. The molecule has 0 bridgehead atoms. The Bertz CT molecular complexity index is 2570. The molecule has 9 rings (SSSR count). The van der Waals surface area contributed by atoms with Crippen molar-refractivity contribution in [2.45, 2.75) is 118 Å². The van der Waals surface area contributed by atoms with Gasteiger partial charge < -0.3 is 24.7 Å². The molecule has 65 heavy (non-hydrogen) atoms. The van der Waals surface area contributed by atoms with Crippen molar-refractivity contribution in [3.05, 3.63) is 90.7 Å². The largest absolute Gasteiger partial charge is 0.448 e. The molecule has 4 fully saturated rings. The predicted molar refractivity (Wildman–Crippen MR) is 238 cm³/mol. The maximum atomic E-state index is 14.9. The molecule has 2 aromatic heterocycles. The first-order chi connectivity index (χ1) is 31.4. The summed E-state index contributed by atoms with van der Waals surface area (Å²) in [5, 5.41) is 15.1. The first kappa shape index (κ1) is 43.9. The monoisotopic (exact) mass is 906 g/mol. The molecule has 0 radical (unpaired) electrons. The number of hydrogen-bond acceptors (Lipinski definition) is 11. The molecule has 342 valence electrons. The minimum atomic E-state index is -3.94. The second-order valence-corrected chi connectivity index (χ2v) is 19.9. The van der Waals surface area contributed by atoms with E-state index in [0.717, 1.165) is 44.1 Å². The normalized spacial score (nSPS) is 25.6. The number of alkyl carbamates (subject to hydrolysis) is 1. The van der Waals surface area contributed by atoms with E-state index in [9.17, 15) is 32.4 Å². The number of furan rings is 1. The molecule has 0 spiro atoms. The Kier molecular flexibility index (Phi) is 12.4. The average molecular weight is 907 g/mol. The van der Waals surface area contributed by atoms with Crippen LogP contribution in [-0.2, 0) is 29.1 Å². The van der Waals surface area contributed by atoms with Crippen molar-refractivity contribution >= 4 is 45.6 Å². The Morgan fingerprint density at radius 1 is 0.892 bits per heavy atom. The number of hydrogen-bond donors (Lipinski definition) is 3. The van der Waals surface area contributed by atoms with E-state index >= 15 is 0 Å². The Morgan fingerprint density at radius 3 is 2.37 bits per heavy atom. The molecule has 17 nitrogen and oxygen atoms in total. The highest BCUT2D eigenvalue weighted by molar-refractivity contribution is 7.91. The van der Waals surface area contributed by atoms with Crippen molar-refractivity contribution in [1.82, 2.24) is 35.2 Å². The zero-order chi connectivity index (χ0) is 45.3. The number of rotatable bonds is 10. The van der Waals surface area contributed by atoms with Crippen LogP contribution in [0.15, 0.2) is 89.6 Å². The number of aromatic nitrogens is 3. The second-order valence-electron chi connectivity index (χ2n) is 17.9. The molecule has 2 aliphatic heterocycles. The molecule has 18 heteroatoms. The van der Waals surface area contributed by atoms with Crippen LogP contribution in [0.25, 0.3) is 22.5 Å². The minimum Gasteiger partial charge on any atom is -0.448 e. The van der Waals surface area contributed by atoms with Crippen LogP contribution in [-0.4, -0.2) is 101 Å². The third kappa shape index (κ3) is 9.44. The maximum absolute atomic E-state index is 14.9. The van der Waals surface area contributed by atoms with Gasteiger partial charge in [0.25, 0.3) is 11.8 Å². The van der Waals surface area contributed by atoms with Crippen LogP contribution >= 0.6 is 0 Å². The molecule has 2 aromatic carbocycles. The molecular formula is C47H54N8O9S. The maximum Gasteiger partial charge on any atom is 0.408 e. The molecule has 0 unspecified atom stereocenters. The summed E-state index contributed by atoms with van der Waals surface area (Å²) in [7, 11) is -2.31. The first-order valence-electron chi connectivity index (χ1n) is 22.7. The third-order valence-corrected chi connectivity index (χ3v) is 15.1. The summed E-state index contributed by atoms with van der Waals surface area (Å²) in [6, 6.07) is 17.0. The van der Waals surface area contributed by atoms with E-state index in [2.05, 4.69) is 15.4 Å². The van der Waals surface area contributed by atoms with Crippen molar-refractivity contribution in [1.29, 1.82) is 0 Å². The first-order valence-corrected chi connectivity index (χ1v) is 24.2. The van der Waals surface area contributed by atoms with E-state index in [4.69, 9.17) is 19.4 Å². The van der Waals surface area contributed by atoms with Gasteiger partial charge in [-0.1, -0.05) is 67.5 Å². The van der Waals surface area contributed by atoms with Crippen LogP contribution in [0.1, 0.15) is 99.9 Å². The number of fused-ring (bicyclic) bond motifs is 2. The summed E-state index contributed by atoms with van der Waals surface area (Å²) in [6.07, 6.45) is 12.0. The molecule has 3 saturated carbocycles. The van der Waals surface area contributed by atoms with Crippen LogP contribution < -0.4 is 20.3 Å². The predicted octanol–water partition coefficient (Wildman–Crippen LogP) is 5.66. The van der Waals surface area contributed by atoms with Gasteiger partial charge in [-0.2, -0.15) is 15.0 Å². The van der Waals surface area contributed by atoms with Gasteiger partial charge in [0.2, 0.25) is 27.7 Å². The van der Waals surface area contributed by atoms with Gasteiger partial charge in [0.15, 0.2) is 0 Å². The van der Waals surface area contributed by atoms with Crippen molar-refractivity contribution in [2.24, 2.45) is 5.92 Å². The number of amides is 5. The van der Waals surface area contributed by atoms with Crippen LogP contribution in [0.4, 0.5) is 10.7 Å². The Balaban J connectivity index is 1.06. The zero-order valence-electron chi connectivity index (χ0n) is 36.3. The van der Waals surface area contributed by atoms with Crippen molar-refractivity contribution in [3.8, 4) is 22.5 Å². The summed E-state index contributed by atoms with van der Waals surface area (Å²) >= 11 is 0. The third-order valence-electron chi connectivity index (χ3n) is 13.3. The van der Waals surface area contributed by atoms with Gasteiger partial charge >= 0.3 is 6.09 Å². The van der Waals surface area contributed by atoms with E-state index in [1.807, 2.05) is 48.6 Å². The number of allylic oxidation sites excluding steroid dienone is 1. The molecule has 3 N–H and O–H groups in total. The topological polar surface area (TPSA) is 215 Å². The highest BCUT2D eigenvalue weighted by Crippen LogP contribution is 2.46. The lowest BCUT2D eigenvalue weighted by Crippen LogP contribution is -2.58. The smallest absolute Gasteiger partial charge is 0.408 e. The van der Waals surface area contributed by atoms with Crippen LogP contribution in [0, 0.1) is 5.92 Å². The fourth-order valence-electron chi connectivity index (χ4n) is 9.30. The van der Waals surface area contributed by atoms with E-state index in [1.165, 1.54) is 20.9 Å². The molecule has 4 heterocycles. The number of carbonyl (C=O) groups excluding carboxylic acids is 5. The highest BCUT2D eigenvalue weighted by atomic mass is 32.2. The van der Waals surface area contributed by atoms with Crippen molar-refractivity contribution in [3.63, 3.8) is 0 Å². The number of carbonyl (C=O) groups is 5. The Labute approximate surface area is 377 Å². The molecule has 5 atom stereocenters. The summed E-state index contributed by atoms with van der Waals surface area (Å²) in [5.74, 6) is -2.32. The number of anilines is 1. The zero-order valence-corrected chi connectivity index (χ0v) is 37.1. The van der Waals surface area contributed by atoms with E-state index in [0.29, 0.717) is 60.5 Å². The van der Waals surface area contributed by atoms with Gasteiger partial charge in [-0.3, -0.25) is 28.8 Å². The number of sulfonamides is 1. The number of nitrogens with zero attached hydrogens (tertiary/aromatic N) is 5. The van der Waals surface area contributed by atoms with Crippen LogP contribution in [0.2, 0.25) is 0 Å². The highest BCUT2D eigenvalue weighted by Gasteiger charge is 2.62. The Hall–Kier alpha value is -6.30. The van der Waals surface area contributed by atoms with Gasteiger partial charge in [-0.25, -0.2) is 13.2 Å². The van der Waals surface area contributed by atoms with E-state index in [1.54, 1.807) is 37.4 Å². The van der Waals surface area contributed by atoms with E-state index in [-0.39, 0.29) is 31.4 Å². The van der Waals surface area contributed by atoms with Gasteiger partial charge in [0.1, 0.15) is 35.1 Å². The number of nitrogens with one attached hydrogen (secondary N) is 3. The molecule has 5 amide bonds. The Morgan fingerprint density at radius 2 is 1.63 bits per heavy atom. The van der Waals surface area contributed by atoms with Gasteiger partial charge in [0, 0.05) is 48.7 Å². The SMILES string of the molecule is CN(C(=O)c1cccc(-c2nn([C@@H]3C[C@H]4C(=O)N[C@]5(C(=O)NS(=O)(=O)C6CC6)C[C@H]5/C=C/CCCCC[C@@H](NC(=O)OC5CCCC5)C(=O)N4C3)nc2-c2ccccc2)c1)c1ccco1. The quantitative estimate of drug-likeness (QED) is 0.165. The molecule has 5 aliphatic rings. The molecule has 3 aliphatic carbocycles. The van der Waals surface area contributed by atoms with Gasteiger partial charge in [-0.15, -0.1) is 0 Å². The lowest BCUT2D eigenvalue weighted by molar-refractivity contribution is -0.141. The summed E-state index contributed by atoms with van der Waals surface area (Å²) < 4.78 is 39.5. The lowest BCUT2D eigenvalue weighted by Gasteiger charge is -2.30.